The van der Waals surface area contributed by atoms with Crippen LogP contribution in [0, 0.1) is 5.92 Å². The van der Waals surface area contributed by atoms with E-state index in [1.54, 1.807) is 6.08 Å². The number of para-hydroxylation sites is 2. The number of hydrogen-bond acceptors (Lipinski definition) is 5. The minimum atomic E-state index is -0.802. The largest absolute Gasteiger partial charge is 0.391 e. The molecule has 2 amide bonds. The number of likely N-dealkylation sites (N-methyl/N-ethyl adjacent to an activating group) is 1. The second kappa shape index (κ2) is 9.25. The molecule has 0 aliphatic carbocycles. The Bertz CT molecular complexity index is 1140. The molecule has 5 rings (SSSR count). The van der Waals surface area contributed by atoms with Crippen molar-refractivity contribution in [1.29, 1.82) is 0 Å². The van der Waals surface area contributed by atoms with Crippen molar-refractivity contribution in [3.8, 4) is 0 Å². The molecule has 6 nitrogen and oxygen atoms in total. The van der Waals surface area contributed by atoms with Crippen molar-refractivity contribution < 1.29 is 14.7 Å². The number of benzene rings is 3. The van der Waals surface area contributed by atoms with Gasteiger partial charge in [-0.15, -0.1) is 0 Å². The van der Waals surface area contributed by atoms with Crippen LogP contribution in [0.25, 0.3) is 0 Å². The smallest absolute Gasteiger partial charge is 0.249 e. The molecule has 0 spiro atoms. The molecule has 34 heavy (non-hydrogen) atoms. The average molecular weight is 454 g/mol. The molecule has 172 valence electrons. The molecule has 2 aliphatic rings. The van der Waals surface area contributed by atoms with E-state index < -0.39 is 24.1 Å². The molecule has 1 fully saturated rings. The number of aliphatic hydroxyl groups is 1. The number of aliphatic hydroxyl groups excluding tert-OH is 1. The highest BCUT2D eigenvalue weighted by molar-refractivity contribution is 6.08. The molecule has 4 unspecified atom stereocenters. The van der Waals surface area contributed by atoms with E-state index >= 15 is 0 Å². The minimum Gasteiger partial charge on any atom is -0.391 e. The summed E-state index contributed by atoms with van der Waals surface area (Å²) in [6.07, 6.45) is 3.28. The number of imide groups is 1. The van der Waals surface area contributed by atoms with Crippen LogP contribution in [-0.2, 0) is 16.0 Å². The van der Waals surface area contributed by atoms with Crippen molar-refractivity contribution in [3.05, 3.63) is 109 Å². The standard InChI is InChI=1S/C28H27N3O3/c1-29-27(33)23-17-18-24(25(32)19-20-11-5-2-6-12-20)31(26(23)28(29)34)30(21-13-7-3-8-14-21)22-15-9-4-10-16-22/h2-18,23-26,32H,19H2,1H3. The predicted molar refractivity (Wildman–Crippen MR) is 131 cm³/mol. The Morgan fingerprint density at radius 1 is 0.794 bits per heavy atom. The van der Waals surface area contributed by atoms with Crippen LogP contribution in [0.1, 0.15) is 5.56 Å². The van der Waals surface area contributed by atoms with Gasteiger partial charge in [-0.2, -0.15) is 5.01 Å². The molecule has 0 bridgehead atoms. The zero-order valence-electron chi connectivity index (χ0n) is 18.9. The van der Waals surface area contributed by atoms with E-state index in [1.165, 1.54) is 11.9 Å². The Morgan fingerprint density at radius 3 is 1.88 bits per heavy atom. The molecule has 4 atom stereocenters. The first kappa shape index (κ1) is 22.1. The van der Waals surface area contributed by atoms with Gasteiger partial charge in [0.05, 0.1) is 29.4 Å². The maximum atomic E-state index is 13.4. The normalized spacial score (nSPS) is 23.1. The van der Waals surface area contributed by atoms with Gasteiger partial charge in [0, 0.05) is 13.5 Å². The van der Waals surface area contributed by atoms with Crippen LogP contribution < -0.4 is 5.01 Å². The first-order valence-corrected chi connectivity index (χ1v) is 11.5. The average Bonchev–Trinajstić information content (AvgIpc) is 3.10. The highest BCUT2D eigenvalue weighted by Crippen LogP contribution is 2.39. The molecular weight excluding hydrogens is 426 g/mol. The van der Waals surface area contributed by atoms with E-state index in [0.717, 1.165) is 16.9 Å². The summed E-state index contributed by atoms with van der Waals surface area (Å²) in [5, 5.41) is 15.3. The second-order valence-electron chi connectivity index (χ2n) is 8.70. The fraction of sp³-hybridized carbons (Fsp3) is 0.214. The zero-order chi connectivity index (χ0) is 23.7. The van der Waals surface area contributed by atoms with E-state index in [0.29, 0.717) is 6.42 Å². The van der Waals surface area contributed by atoms with Crippen LogP contribution in [0.3, 0.4) is 0 Å². The van der Waals surface area contributed by atoms with E-state index in [9.17, 15) is 14.7 Å². The van der Waals surface area contributed by atoms with Gasteiger partial charge in [-0.25, -0.2) is 0 Å². The number of nitrogens with zero attached hydrogens (tertiary/aromatic N) is 3. The van der Waals surface area contributed by atoms with Gasteiger partial charge in [-0.3, -0.25) is 19.5 Å². The molecule has 1 N–H and O–H groups in total. The summed E-state index contributed by atoms with van der Waals surface area (Å²) in [6.45, 7) is 0. The monoisotopic (exact) mass is 453 g/mol. The third-order valence-electron chi connectivity index (χ3n) is 6.56. The number of carbonyl (C=O) groups is 2. The predicted octanol–water partition coefficient (Wildman–Crippen LogP) is 3.57. The van der Waals surface area contributed by atoms with Crippen molar-refractivity contribution in [2.24, 2.45) is 5.92 Å². The van der Waals surface area contributed by atoms with E-state index in [-0.39, 0.29) is 11.8 Å². The van der Waals surface area contributed by atoms with Gasteiger partial charge in [0.25, 0.3) is 0 Å². The first-order chi connectivity index (χ1) is 16.6. The van der Waals surface area contributed by atoms with Crippen LogP contribution in [0.5, 0.6) is 0 Å². The Kier molecular flexibility index (Phi) is 6.01. The topological polar surface area (TPSA) is 64.1 Å². The maximum Gasteiger partial charge on any atom is 0.249 e. The van der Waals surface area contributed by atoms with E-state index in [2.05, 4.69) is 0 Å². The molecule has 0 aromatic heterocycles. The molecular formula is C28H27N3O3. The summed E-state index contributed by atoms with van der Waals surface area (Å²) in [7, 11) is 1.53. The Morgan fingerprint density at radius 2 is 1.32 bits per heavy atom. The van der Waals surface area contributed by atoms with Crippen molar-refractivity contribution in [1.82, 2.24) is 9.91 Å². The van der Waals surface area contributed by atoms with Crippen LogP contribution in [-0.4, -0.2) is 52.1 Å². The summed E-state index contributed by atoms with van der Waals surface area (Å²) in [5.74, 6) is -1.10. The molecule has 3 aromatic carbocycles. The highest BCUT2D eigenvalue weighted by atomic mass is 16.3. The number of hydrazine groups is 1. The third-order valence-corrected chi connectivity index (χ3v) is 6.56. The van der Waals surface area contributed by atoms with Gasteiger partial charge in [-0.05, 0) is 29.8 Å². The maximum absolute atomic E-state index is 13.4. The van der Waals surface area contributed by atoms with E-state index in [4.69, 9.17) is 0 Å². The van der Waals surface area contributed by atoms with Gasteiger partial charge >= 0.3 is 0 Å². The Hall–Kier alpha value is -3.74. The summed E-state index contributed by atoms with van der Waals surface area (Å²) in [4.78, 5) is 27.5. The number of carbonyl (C=O) groups excluding carboxylic acids is 2. The molecule has 2 aliphatic heterocycles. The van der Waals surface area contributed by atoms with Gasteiger partial charge < -0.3 is 5.11 Å². The second-order valence-corrected chi connectivity index (χ2v) is 8.70. The Balaban J connectivity index is 1.63. The molecule has 0 radical (unpaired) electrons. The minimum absolute atomic E-state index is 0.228. The number of fused-ring (bicyclic) bond motifs is 1. The van der Waals surface area contributed by atoms with Crippen molar-refractivity contribution >= 4 is 23.2 Å². The van der Waals surface area contributed by atoms with Crippen molar-refractivity contribution in [2.75, 3.05) is 12.1 Å². The fourth-order valence-electron chi connectivity index (χ4n) is 4.88. The lowest BCUT2D eigenvalue weighted by Crippen LogP contribution is -2.61. The summed E-state index contributed by atoms with van der Waals surface area (Å²) < 4.78 is 0. The zero-order valence-corrected chi connectivity index (χ0v) is 18.9. The summed E-state index contributed by atoms with van der Waals surface area (Å²) in [6, 6.07) is 28.0. The van der Waals surface area contributed by atoms with Crippen molar-refractivity contribution in [3.63, 3.8) is 0 Å². The van der Waals surface area contributed by atoms with Gasteiger partial charge in [0.1, 0.15) is 6.04 Å². The molecule has 2 heterocycles. The Labute approximate surface area is 199 Å². The number of rotatable bonds is 6. The summed E-state index contributed by atoms with van der Waals surface area (Å²) in [5.41, 5.74) is 2.69. The van der Waals surface area contributed by atoms with Gasteiger partial charge in [0.15, 0.2) is 0 Å². The molecule has 1 saturated heterocycles. The first-order valence-electron chi connectivity index (χ1n) is 11.5. The van der Waals surface area contributed by atoms with Gasteiger partial charge in [-0.1, -0.05) is 78.9 Å². The lowest BCUT2D eigenvalue weighted by Gasteiger charge is -2.47. The molecule has 6 heteroatoms. The number of anilines is 2. The highest BCUT2D eigenvalue weighted by Gasteiger charge is 2.54. The third kappa shape index (κ3) is 3.91. The number of likely N-dealkylation sites (tertiary alicyclic amines) is 1. The van der Waals surface area contributed by atoms with E-state index in [1.807, 2.05) is 107 Å². The van der Waals surface area contributed by atoms with Crippen LogP contribution >= 0.6 is 0 Å². The SMILES string of the molecule is CN1C(=O)C2C=CC(C(O)Cc3ccccc3)N(N(c3ccccc3)c3ccccc3)C2C1=O. The fourth-order valence-corrected chi connectivity index (χ4v) is 4.88. The number of amides is 2. The van der Waals surface area contributed by atoms with Crippen LogP contribution in [0.2, 0.25) is 0 Å². The number of hydrogen-bond donors (Lipinski definition) is 1. The summed E-state index contributed by atoms with van der Waals surface area (Å²) >= 11 is 0. The molecule has 0 saturated carbocycles. The van der Waals surface area contributed by atoms with Gasteiger partial charge in [0.2, 0.25) is 11.8 Å². The van der Waals surface area contributed by atoms with Crippen LogP contribution in [0.15, 0.2) is 103 Å². The van der Waals surface area contributed by atoms with Crippen LogP contribution in [0.4, 0.5) is 11.4 Å². The lowest BCUT2D eigenvalue weighted by atomic mass is 9.90. The molecule has 3 aromatic rings. The van der Waals surface area contributed by atoms with Crippen molar-refractivity contribution in [2.45, 2.75) is 24.6 Å². The lowest BCUT2D eigenvalue weighted by molar-refractivity contribution is -0.138. The quantitative estimate of drug-likeness (QED) is 0.457.